The molecule has 6 heteroatoms. The van der Waals surface area contributed by atoms with Crippen LogP contribution in [0.1, 0.15) is 12.5 Å². The molecule has 0 atom stereocenters. The van der Waals surface area contributed by atoms with Crippen LogP contribution in [0.4, 0.5) is 0 Å². The van der Waals surface area contributed by atoms with Gasteiger partial charge >= 0.3 is 5.97 Å². The Balaban J connectivity index is 0.000000463. The number of carboxylic acids is 1. The summed E-state index contributed by atoms with van der Waals surface area (Å²) in [5.74, 6) is -0.327. The molecule has 2 aromatic rings. The minimum Gasteiger partial charge on any atom is -0.497 e. The fourth-order valence-electron chi connectivity index (χ4n) is 2.03. The van der Waals surface area contributed by atoms with Crippen molar-refractivity contribution in [1.29, 1.82) is 0 Å². The lowest BCUT2D eigenvalue weighted by Gasteiger charge is -2.08. The third kappa shape index (κ3) is 6.36. The summed E-state index contributed by atoms with van der Waals surface area (Å²) in [5.41, 5.74) is 1.22. The van der Waals surface area contributed by atoms with E-state index in [0.717, 1.165) is 12.2 Å². The first kappa shape index (κ1) is 18.4. The summed E-state index contributed by atoms with van der Waals surface area (Å²) in [5, 5.41) is 20.2. The lowest BCUT2D eigenvalue weighted by atomic mass is 10.0. The SMILES string of the molecule is COc1ccc2cccc(CCNC(C)=O)c2c1.O=C(O)CO. The van der Waals surface area contributed by atoms with Crippen LogP contribution in [0.15, 0.2) is 36.4 Å². The molecule has 2 rings (SSSR count). The Hall–Kier alpha value is -2.60. The second-order valence-corrected chi connectivity index (χ2v) is 4.79. The zero-order valence-corrected chi connectivity index (χ0v) is 13.2. The summed E-state index contributed by atoms with van der Waals surface area (Å²) in [6.45, 7) is 1.41. The van der Waals surface area contributed by atoms with Gasteiger partial charge in [0.1, 0.15) is 12.4 Å². The molecule has 0 unspecified atom stereocenters. The minimum atomic E-state index is -1.19. The van der Waals surface area contributed by atoms with Crippen molar-refractivity contribution in [2.75, 3.05) is 20.3 Å². The number of carbonyl (C=O) groups excluding carboxylic acids is 1. The zero-order chi connectivity index (χ0) is 17.2. The number of hydrogen-bond acceptors (Lipinski definition) is 4. The monoisotopic (exact) mass is 319 g/mol. The van der Waals surface area contributed by atoms with Gasteiger partial charge in [-0.2, -0.15) is 0 Å². The number of nitrogens with one attached hydrogen (secondary N) is 1. The normalized spacial score (nSPS) is 9.70. The molecule has 0 aliphatic rings. The number of methoxy groups -OCH3 is 1. The number of carboxylic acid groups (broad SMARTS) is 1. The molecular formula is C17H21NO5. The Morgan fingerprint density at radius 1 is 1.22 bits per heavy atom. The van der Waals surface area contributed by atoms with E-state index in [1.807, 2.05) is 18.2 Å². The van der Waals surface area contributed by atoms with E-state index in [2.05, 4.69) is 23.5 Å². The predicted molar refractivity (Wildman–Crippen MR) is 87.6 cm³/mol. The quantitative estimate of drug-likeness (QED) is 0.778. The van der Waals surface area contributed by atoms with E-state index >= 15 is 0 Å². The van der Waals surface area contributed by atoms with E-state index < -0.39 is 12.6 Å². The highest BCUT2D eigenvalue weighted by molar-refractivity contribution is 5.87. The Bertz CT molecular complexity index is 669. The molecule has 124 valence electrons. The highest BCUT2D eigenvalue weighted by Crippen LogP contribution is 2.24. The fourth-order valence-corrected chi connectivity index (χ4v) is 2.03. The molecule has 0 saturated heterocycles. The van der Waals surface area contributed by atoms with Crippen LogP contribution in [-0.4, -0.2) is 42.4 Å². The molecule has 23 heavy (non-hydrogen) atoms. The Morgan fingerprint density at radius 2 is 1.91 bits per heavy atom. The van der Waals surface area contributed by atoms with Gasteiger partial charge in [0.25, 0.3) is 0 Å². The van der Waals surface area contributed by atoms with Crippen molar-refractivity contribution in [3.8, 4) is 5.75 Å². The fraction of sp³-hybridized carbons (Fsp3) is 0.294. The van der Waals surface area contributed by atoms with Crippen LogP contribution in [0.2, 0.25) is 0 Å². The van der Waals surface area contributed by atoms with E-state index in [4.69, 9.17) is 19.7 Å². The second kappa shape index (κ2) is 9.42. The van der Waals surface area contributed by atoms with Gasteiger partial charge in [0.2, 0.25) is 5.91 Å². The van der Waals surface area contributed by atoms with Gasteiger partial charge in [-0.3, -0.25) is 4.79 Å². The maximum atomic E-state index is 10.9. The van der Waals surface area contributed by atoms with Gasteiger partial charge in [-0.05, 0) is 34.9 Å². The number of aliphatic hydroxyl groups excluding tert-OH is 1. The molecule has 0 fully saturated rings. The van der Waals surface area contributed by atoms with Crippen LogP contribution < -0.4 is 10.1 Å². The van der Waals surface area contributed by atoms with Crippen molar-refractivity contribution in [3.05, 3.63) is 42.0 Å². The number of carbonyl (C=O) groups is 2. The molecule has 0 aromatic heterocycles. The van der Waals surface area contributed by atoms with Gasteiger partial charge in [-0.15, -0.1) is 0 Å². The van der Waals surface area contributed by atoms with E-state index in [1.54, 1.807) is 7.11 Å². The molecule has 0 saturated carbocycles. The minimum absolute atomic E-state index is 0.00724. The number of hydrogen-bond donors (Lipinski definition) is 3. The van der Waals surface area contributed by atoms with Crippen molar-refractivity contribution < 1.29 is 24.5 Å². The molecular weight excluding hydrogens is 298 g/mol. The molecule has 0 spiro atoms. The lowest BCUT2D eigenvalue weighted by Crippen LogP contribution is -2.22. The lowest BCUT2D eigenvalue weighted by molar-refractivity contribution is -0.140. The maximum Gasteiger partial charge on any atom is 0.329 e. The molecule has 1 amide bonds. The van der Waals surface area contributed by atoms with E-state index in [-0.39, 0.29) is 5.91 Å². The third-order valence-electron chi connectivity index (χ3n) is 3.08. The topological polar surface area (TPSA) is 95.9 Å². The first-order valence-corrected chi connectivity index (χ1v) is 7.10. The van der Waals surface area contributed by atoms with Crippen molar-refractivity contribution in [2.45, 2.75) is 13.3 Å². The van der Waals surface area contributed by atoms with Gasteiger partial charge in [-0.25, -0.2) is 4.79 Å². The summed E-state index contributed by atoms with van der Waals surface area (Å²) < 4.78 is 5.25. The molecule has 2 aromatic carbocycles. The number of aliphatic hydroxyl groups is 1. The van der Waals surface area contributed by atoms with Gasteiger partial charge < -0.3 is 20.3 Å². The van der Waals surface area contributed by atoms with Crippen LogP contribution in [0, 0.1) is 0 Å². The number of rotatable bonds is 5. The van der Waals surface area contributed by atoms with Crippen molar-refractivity contribution in [2.24, 2.45) is 0 Å². The number of fused-ring (bicyclic) bond motifs is 1. The average Bonchev–Trinajstić information content (AvgIpc) is 2.54. The predicted octanol–water partition coefficient (Wildman–Crippen LogP) is 1.59. The standard InChI is InChI=1S/C15H17NO2.C2H4O3/c1-11(17)16-9-8-13-5-3-4-12-6-7-14(18-2)10-15(12)13;3-1-2(4)5/h3-7,10H,8-9H2,1-2H3,(H,16,17);3H,1H2,(H,4,5). The van der Waals surface area contributed by atoms with Gasteiger partial charge in [0.05, 0.1) is 7.11 Å². The van der Waals surface area contributed by atoms with E-state index in [9.17, 15) is 4.79 Å². The molecule has 0 aliphatic heterocycles. The number of aliphatic carboxylic acids is 1. The average molecular weight is 319 g/mol. The summed E-state index contributed by atoms with van der Waals surface area (Å²) in [6, 6.07) is 12.3. The number of benzene rings is 2. The van der Waals surface area contributed by atoms with Crippen LogP contribution in [0.5, 0.6) is 5.75 Å². The number of ether oxygens (including phenoxy) is 1. The van der Waals surface area contributed by atoms with Gasteiger partial charge in [0.15, 0.2) is 0 Å². The second-order valence-electron chi connectivity index (χ2n) is 4.79. The third-order valence-corrected chi connectivity index (χ3v) is 3.08. The molecule has 0 bridgehead atoms. The number of amides is 1. The van der Waals surface area contributed by atoms with Crippen molar-refractivity contribution in [3.63, 3.8) is 0 Å². The van der Waals surface area contributed by atoms with Crippen molar-refractivity contribution in [1.82, 2.24) is 5.32 Å². The molecule has 0 radical (unpaired) electrons. The molecule has 3 N–H and O–H groups in total. The highest BCUT2D eigenvalue weighted by atomic mass is 16.5. The van der Waals surface area contributed by atoms with Crippen molar-refractivity contribution >= 4 is 22.6 Å². The Kier molecular flexibility index (Phi) is 7.56. The van der Waals surface area contributed by atoms with E-state index in [0.29, 0.717) is 6.54 Å². The summed E-state index contributed by atoms with van der Waals surface area (Å²) >= 11 is 0. The highest BCUT2D eigenvalue weighted by Gasteiger charge is 2.03. The van der Waals surface area contributed by atoms with Crippen LogP contribution in [-0.2, 0) is 16.0 Å². The smallest absolute Gasteiger partial charge is 0.329 e. The van der Waals surface area contributed by atoms with E-state index in [1.165, 1.54) is 23.3 Å². The Morgan fingerprint density at radius 3 is 2.48 bits per heavy atom. The molecule has 0 heterocycles. The summed E-state index contributed by atoms with van der Waals surface area (Å²) in [4.78, 5) is 20.0. The first-order valence-electron chi connectivity index (χ1n) is 7.10. The molecule has 0 aliphatic carbocycles. The summed E-state index contributed by atoms with van der Waals surface area (Å²) in [7, 11) is 1.67. The maximum absolute atomic E-state index is 10.9. The van der Waals surface area contributed by atoms with Gasteiger partial charge in [0, 0.05) is 13.5 Å². The van der Waals surface area contributed by atoms with Gasteiger partial charge in [-0.1, -0.05) is 24.3 Å². The largest absolute Gasteiger partial charge is 0.497 e. The van der Waals surface area contributed by atoms with Crippen LogP contribution in [0.25, 0.3) is 10.8 Å². The van der Waals surface area contributed by atoms with Crippen LogP contribution >= 0.6 is 0 Å². The Labute approximate surface area is 134 Å². The summed E-state index contributed by atoms with van der Waals surface area (Å²) in [6.07, 6.45) is 0.823. The van der Waals surface area contributed by atoms with Crippen LogP contribution in [0.3, 0.4) is 0 Å². The molecule has 6 nitrogen and oxygen atoms in total. The zero-order valence-electron chi connectivity index (χ0n) is 13.2. The first-order chi connectivity index (χ1) is 11.0.